The van der Waals surface area contributed by atoms with Crippen LogP contribution in [0, 0.1) is 0 Å². The van der Waals surface area contributed by atoms with Gasteiger partial charge >= 0.3 is 0 Å². The summed E-state index contributed by atoms with van der Waals surface area (Å²) in [6, 6.07) is 12.0. The molecule has 1 aliphatic heterocycles. The molecule has 1 aliphatic rings. The van der Waals surface area contributed by atoms with Gasteiger partial charge < -0.3 is 9.30 Å². The van der Waals surface area contributed by atoms with Crippen LogP contribution in [0.5, 0.6) is 0 Å². The van der Waals surface area contributed by atoms with Gasteiger partial charge in [-0.15, -0.1) is 22.7 Å². The molecule has 0 atom stereocenters. The Morgan fingerprint density at radius 2 is 1.85 bits per heavy atom. The van der Waals surface area contributed by atoms with Gasteiger partial charge in [-0.3, -0.25) is 4.90 Å². The Labute approximate surface area is 172 Å². The van der Waals surface area contributed by atoms with Gasteiger partial charge in [0.15, 0.2) is 4.80 Å². The van der Waals surface area contributed by atoms with E-state index >= 15 is 0 Å². The number of ether oxygens (including phenoxy) is 1. The maximum Gasteiger partial charge on any atom is 0.190 e. The number of nitrogens with zero attached hydrogens (tertiary/aromatic N) is 3. The highest BCUT2D eigenvalue weighted by Gasteiger charge is 2.12. The number of hydrogen-bond acceptors (Lipinski definition) is 5. The largest absolute Gasteiger partial charge is 0.379 e. The SMILES string of the molecule is Clc1ccc(N=c2scc(-c3cccs3)n2CCCN2CCOCC2)cc1. The summed E-state index contributed by atoms with van der Waals surface area (Å²) >= 11 is 9.47. The van der Waals surface area contributed by atoms with Crippen molar-refractivity contribution in [2.75, 3.05) is 32.8 Å². The smallest absolute Gasteiger partial charge is 0.190 e. The number of thiazole rings is 1. The van der Waals surface area contributed by atoms with Crippen LogP contribution in [0.4, 0.5) is 5.69 Å². The number of aromatic nitrogens is 1. The highest BCUT2D eigenvalue weighted by atomic mass is 35.5. The first kappa shape index (κ1) is 18.9. The zero-order valence-electron chi connectivity index (χ0n) is 15.0. The fourth-order valence-corrected chi connectivity index (χ4v) is 5.06. The fraction of sp³-hybridized carbons (Fsp3) is 0.350. The van der Waals surface area contributed by atoms with Crippen LogP contribution in [-0.2, 0) is 11.3 Å². The molecule has 0 saturated carbocycles. The lowest BCUT2D eigenvalue weighted by atomic mass is 10.3. The van der Waals surface area contributed by atoms with Crippen molar-refractivity contribution >= 4 is 40.0 Å². The third-order valence-electron chi connectivity index (χ3n) is 4.58. The van der Waals surface area contributed by atoms with Gasteiger partial charge in [0, 0.05) is 36.6 Å². The minimum absolute atomic E-state index is 0.734. The topological polar surface area (TPSA) is 29.8 Å². The molecule has 3 heterocycles. The summed E-state index contributed by atoms with van der Waals surface area (Å²) < 4.78 is 7.80. The Bertz CT molecular complexity index is 910. The highest BCUT2D eigenvalue weighted by Crippen LogP contribution is 2.26. The molecule has 4 nitrogen and oxygen atoms in total. The molecule has 1 saturated heterocycles. The zero-order chi connectivity index (χ0) is 18.5. The Kier molecular flexibility index (Phi) is 6.42. The van der Waals surface area contributed by atoms with Crippen molar-refractivity contribution < 1.29 is 4.74 Å². The molecule has 3 aromatic rings. The van der Waals surface area contributed by atoms with Crippen LogP contribution in [0.2, 0.25) is 5.02 Å². The minimum Gasteiger partial charge on any atom is -0.379 e. The average molecular weight is 420 g/mol. The van der Waals surface area contributed by atoms with Gasteiger partial charge in [-0.25, -0.2) is 4.99 Å². The lowest BCUT2D eigenvalue weighted by Crippen LogP contribution is -2.37. The molecule has 1 fully saturated rings. The number of rotatable bonds is 6. The third kappa shape index (κ3) is 4.89. The van der Waals surface area contributed by atoms with Crippen LogP contribution in [0.3, 0.4) is 0 Å². The Morgan fingerprint density at radius 1 is 1.04 bits per heavy atom. The standard InChI is InChI=1S/C20H22ClN3OS2/c21-16-4-6-17(7-5-16)22-20-24(9-2-8-23-10-12-25-13-11-23)18(15-27-20)19-3-1-14-26-19/h1,3-7,14-15H,2,8-13H2. The molecule has 1 aromatic carbocycles. The molecule has 0 N–H and O–H groups in total. The maximum atomic E-state index is 6.00. The summed E-state index contributed by atoms with van der Waals surface area (Å²) in [5.74, 6) is 0. The van der Waals surface area contributed by atoms with Gasteiger partial charge in [-0.05, 0) is 42.1 Å². The van der Waals surface area contributed by atoms with Crippen molar-refractivity contribution in [1.29, 1.82) is 0 Å². The predicted octanol–water partition coefficient (Wildman–Crippen LogP) is 4.89. The van der Waals surface area contributed by atoms with E-state index in [1.807, 2.05) is 24.3 Å². The van der Waals surface area contributed by atoms with Crippen molar-refractivity contribution in [3.05, 3.63) is 57.0 Å². The Hall–Kier alpha value is -1.44. The molecule has 0 aliphatic carbocycles. The lowest BCUT2D eigenvalue weighted by Gasteiger charge is -2.26. The van der Waals surface area contributed by atoms with Crippen molar-refractivity contribution in [3.63, 3.8) is 0 Å². The third-order valence-corrected chi connectivity index (χ3v) is 6.59. The van der Waals surface area contributed by atoms with Gasteiger partial charge in [0.05, 0.1) is 29.5 Å². The quantitative estimate of drug-likeness (QED) is 0.569. The molecular weight excluding hydrogens is 398 g/mol. The number of halogens is 1. The number of morpholine rings is 1. The van der Waals surface area contributed by atoms with E-state index in [1.54, 1.807) is 22.7 Å². The van der Waals surface area contributed by atoms with Crippen LogP contribution >= 0.6 is 34.3 Å². The summed E-state index contributed by atoms with van der Waals surface area (Å²) in [5.41, 5.74) is 2.19. The van der Waals surface area contributed by atoms with Gasteiger partial charge in [-0.2, -0.15) is 0 Å². The van der Waals surface area contributed by atoms with E-state index in [9.17, 15) is 0 Å². The van der Waals surface area contributed by atoms with E-state index in [2.05, 4.69) is 32.4 Å². The van der Waals surface area contributed by atoms with Crippen molar-refractivity contribution in [2.24, 2.45) is 4.99 Å². The van der Waals surface area contributed by atoms with Crippen molar-refractivity contribution in [3.8, 4) is 10.6 Å². The number of thiophene rings is 1. The van der Waals surface area contributed by atoms with Gasteiger partial charge in [-0.1, -0.05) is 17.7 Å². The monoisotopic (exact) mass is 419 g/mol. The average Bonchev–Trinajstić information content (AvgIpc) is 3.35. The van der Waals surface area contributed by atoms with E-state index in [1.165, 1.54) is 10.6 Å². The molecule has 7 heteroatoms. The van der Waals surface area contributed by atoms with Gasteiger partial charge in [0.2, 0.25) is 0 Å². The summed E-state index contributed by atoms with van der Waals surface area (Å²) in [6.45, 7) is 5.82. The van der Waals surface area contributed by atoms with E-state index in [-0.39, 0.29) is 0 Å². The first-order valence-electron chi connectivity index (χ1n) is 9.12. The van der Waals surface area contributed by atoms with Gasteiger partial charge in [0.25, 0.3) is 0 Å². The molecule has 2 aromatic heterocycles. The normalized spacial score (nSPS) is 16.1. The summed E-state index contributed by atoms with van der Waals surface area (Å²) in [7, 11) is 0. The lowest BCUT2D eigenvalue weighted by molar-refractivity contribution is 0.0369. The Morgan fingerprint density at radius 3 is 2.59 bits per heavy atom. The second-order valence-corrected chi connectivity index (χ2v) is 8.65. The summed E-state index contributed by atoms with van der Waals surface area (Å²) in [6.07, 6.45) is 1.10. The Balaban J connectivity index is 1.58. The molecular formula is C20H22ClN3OS2. The first-order valence-corrected chi connectivity index (χ1v) is 11.3. The zero-order valence-corrected chi connectivity index (χ0v) is 17.4. The molecule has 0 unspecified atom stereocenters. The van der Waals surface area contributed by atoms with Crippen LogP contribution in [-0.4, -0.2) is 42.3 Å². The number of hydrogen-bond donors (Lipinski definition) is 0. The highest BCUT2D eigenvalue weighted by molar-refractivity contribution is 7.14. The molecule has 27 heavy (non-hydrogen) atoms. The summed E-state index contributed by atoms with van der Waals surface area (Å²) in [4.78, 5) is 9.67. The van der Waals surface area contributed by atoms with Crippen LogP contribution in [0.15, 0.2) is 52.2 Å². The minimum atomic E-state index is 0.734. The van der Waals surface area contributed by atoms with Gasteiger partial charge in [0.1, 0.15) is 0 Å². The maximum absolute atomic E-state index is 6.00. The predicted molar refractivity (Wildman–Crippen MR) is 114 cm³/mol. The second-order valence-electron chi connectivity index (χ2n) is 6.43. The first-order chi connectivity index (χ1) is 13.3. The van der Waals surface area contributed by atoms with Crippen molar-refractivity contribution in [2.45, 2.75) is 13.0 Å². The van der Waals surface area contributed by atoms with E-state index in [0.29, 0.717) is 0 Å². The second kappa shape index (κ2) is 9.17. The van der Waals surface area contributed by atoms with E-state index < -0.39 is 0 Å². The van der Waals surface area contributed by atoms with E-state index in [4.69, 9.17) is 21.3 Å². The van der Waals surface area contributed by atoms with Crippen molar-refractivity contribution in [1.82, 2.24) is 9.47 Å². The van der Waals surface area contributed by atoms with Crippen LogP contribution < -0.4 is 4.80 Å². The molecule has 0 radical (unpaired) electrons. The van der Waals surface area contributed by atoms with Crippen LogP contribution in [0.25, 0.3) is 10.6 Å². The molecule has 4 rings (SSSR count). The molecule has 0 bridgehead atoms. The molecule has 0 amide bonds. The molecule has 0 spiro atoms. The van der Waals surface area contributed by atoms with E-state index in [0.717, 1.165) is 61.3 Å². The number of benzene rings is 1. The molecule has 142 valence electrons. The van der Waals surface area contributed by atoms with Crippen LogP contribution in [0.1, 0.15) is 6.42 Å². The summed E-state index contributed by atoms with van der Waals surface area (Å²) in [5, 5.41) is 5.08. The fourth-order valence-electron chi connectivity index (χ4n) is 3.16.